The molecule has 134 valence electrons. The summed E-state index contributed by atoms with van der Waals surface area (Å²) in [6.07, 6.45) is 5.20. The van der Waals surface area contributed by atoms with Crippen LogP contribution in [0.3, 0.4) is 0 Å². The average molecular weight is 380 g/mol. The van der Waals surface area contributed by atoms with Gasteiger partial charge < -0.3 is 10.4 Å². The second kappa shape index (κ2) is 7.23. The summed E-state index contributed by atoms with van der Waals surface area (Å²) in [4.78, 5) is 17.3. The van der Waals surface area contributed by atoms with E-state index < -0.39 is 9.84 Å². The molecule has 1 aromatic heterocycles. The third-order valence-corrected chi connectivity index (χ3v) is 6.45. The lowest BCUT2D eigenvalue weighted by Gasteiger charge is -2.14. The van der Waals surface area contributed by atoms with Crippen LogP contribution in [0.2, 0.25) is 0 Å². The molecular weight excluding hydrogens is 360 g/mol. The molecule has 1 aliphatic rings. The van der Waals surface area contributed by atoms with Crippen LogP contribution in [0.4, 0.5) is 5.13 Å². The van der Waals surface area contributed by atoms with Crippen molar-refractivity contribution < 1.29 is 18.3 Å². The molecule has 1 aliphatic carbocycles. The van der Waals surface area contributed by atoms with Crippen molar-refractivity contribution >= 4 is 32.1 Å². The minimum atomic E-state index is -3.36. The highest BCUT2D eigenvalue weighted by Crippen LogP contribution is 2.27. The van der Waals surface area contributed by atoms with Crippen LogP contribution in [-0.4, -0.2) is 43.2 Å². The number of anilines is 1. The van der Waals surface area contributed by atoms with Crippen LogP contribution >= 0.6 is 11.3 Å². The Hall–Kier alpha value is -1.77. The van der Waals surface area contributed by atoms with Crippen molar-refractivity contribution in [3.8, 4) is 0 Å². The van der Waals surface area contributed by atoms with Crippen molar-refractivity contribution in [1.29, 1.82) is 0 Å². The predicted octanol–water partition coefficient (Wildman–Crippen LogP) is 2.35. The first-order chi connectivity index (χ1) is 11.8. The number of nitrogens with zero attached hydrogens (tertiary/aromatic N) is 1. The Morgan fingerprint density at radius 1 is 1.40 bits per heavy atom. The van der Waals surface area contributed by atoms with E-state index in [1.54, 1.807) is 12.1 Å². The molecule has 1 fully saturated rings. The number of hydrogen-bond donors (Lipinski definition) is 2. The molecule has 0 amide bonds. The summed E-state index contributed by atoms with van der Waals surface area (Å²) in [6, 6.07) is 6.02. The maximum atomic E-state index is 12.6. The van der Waals surface area contributed by atoms with Gasteiger partial charge in [-0.3, -0.25) is 4.79 Å². The number of nitrogens with one attached hydrogen (secondary N) is 1. The van der Waals surface area contributed by atoms with E-state index in [0.717, 1.165) is 25.5 Å². The van der Waals surface area contributed by atoms with E-state index in [0.29, 0.717) is 22.1 Å². The van der Waals surface area contributed by atoms with Crippen molar-refractivity contribution in [2.45, 2.75) is 30.3 Å². The van der Waals surface area contributed by atoms with Crippen LogP contribution in [0.15, 0.2) is 35.4 Å². The van der Waals surface area contributed by atoms with Crippen LogP contribution in [0, 0.1) is 5.92 Å². The van der Waals surface area contributed by atoms with Crippen molar-refractivity contribution in [2.24, 2.45) is 5.92 Å². The first-order valence-electron chi connectivity index (χ1n) is 8.07. The molecule has 0 unspecified atom stereocenters. The lowest BCUT2D eigenvalue weighted by Crippen LogP contribution is -2.21. The highest BCUT2D eigenvalue weighted by molar-refractivity contribution is 7.90. The predicted molar refractivity (Wildman–Crippen MR) is 96.9 cm³/mol. The highest BCUT2D eigenvalue weighted by Gasteiger charge is 2.25. The topological polar surface area (TPSA) is 96.4 Å². The lowest BCUT2D eigenvalue weighted by molar-refractivity contribution is 0.104. The van der Waals surface area contributed by atoms with Crippen molar-refractivity contribution in [3.05, 3.63) is 40.9 Å². The van der Waals surface area contributed by atoms with Gasteiger partial charge in [0.05, 0.1) is 22.1 Å². The summed E-state index contributed by atoms with van der Waals surface area (Å²) in [5, 5.41) is 13.6. The lowest BCUT2D eigenvalue weighted by atomic mass is 10.1. The zero-order chi connectivity index (χ0) is 18.0. The zero-order valence-corrected chi connectivity index (χ0v) is 15.4. The quantitative estimate of drug-likeness (QED) is 0.747. The molecule has 25 heavy (non-hydrogen) atoms. The fraction of sp³-hybridized carbons (Fsp3) is 0.412. The molecule has 8 heteroatoms. The summed E-state index contributed by atoms with van der Waals surface area (Å²) < 4.78 is 23.3. The van der Waals surface area contributed by atoms with Gasteiger partial charge in [-0.05, 0) is 25.0 Å². The minimum Gasteiger partial charge on any atom is -0.393 e. The number of benzene rings is 1. The minimum absolute atomic E-state index is 0.122. The van der Waals surface area contributed by atoms with Crippen molar-refractivity contribution in [1.82, 2.24) is 4.98 Å². The number of aliphatic hydroxyl groups excluding tert-OH is 1. The van der Waals surface area contributed by atoms with Crippen molar-refractivity contribution in [3.63, 3.8) is 0 Å². The number of carbonyl (C=O) groups excluding carboxylic acids is 1. The van der Waals surface area contributed by atoms with Gasteiger partial charge in [0, 0.05) is 24.3 Å². The number of hydrogen-bond acceptors (Lipinski definition) is 7. The molecule has 3 rings (SSSR count). The Morgan fingerprint density at radius 2 is 2.20 bits per heavy atom. The van der Waals surface area contributed by atoms with Gasteiger partial charge in [0.15, 0.2) is 15.0 Å². The number of aliphatic hydroxyl groups is 1. The maximum Gasteiger partial charge on any atom is 0.204 e. The van der Waals surface area contributed by atoms with Crippen molar-refractivity contribution in [2.75, 3.05) is 18.1 Å². The van der Waals surface area contributed by atoms with Gasteiger partial charge >= 0.3 is 0 Å². The van der Waals surface area contributed by atoms with Crippen LogP contribution < -0.4 is 5.32 Å². The third kappa shape index (κ3) is 4.26. The molecule has 0 spiro atoms. The van der Waals surface area contributed by atoms with E-state index in [1.165, 1.54) is 29.7 Å². The number of rotatable bonds is 6. The van der Waals surface area contributed by atoms with Crippen LogP contribution in [-0.2, 0) is 9.84 Å². The highest BCUT2D eigenvalue weighted by atomic mass is 32.2. The van der Waals surface area contributed by atoms with Gasteiger partial charge in [0.2, 0.25) is 5.78 Å². The number of aromatic nitrogens is 1. The summed E-state index contributed by atoms with van der Waals surface area (Å²) in [5.41, 5.74) is 0.323. The molecular formula is C17H20N2O4S2. The molecule has 6 nitrogen and oxygen atoms in total. The first kappa shape index (κ1) is 18.0. The van der Waals surface area contributed by atoms with E-state index >= 15 is 0 Å². The van der Waals surface area contributed by atoms with E-state index in [2.05, 4.69) is 10.3 Å². The van der Waals surface area contributed by atoms with E-state index in [1.807, 2.05) is 0 Å². The Kier molecular flexibility index (Phi) is 5.21. The van der Waals surface area contributed by atoms with Gasteiger partial charge in [-0.2, -0.15) is 0 Å². The number of thiazole rings is 1. The third-order valence-electron chi connectivity index (χ3n) is 4.39. The van der Waals surface area contributed by atoms with Gasteiger partial charge in [0.1, 0.15) is 0 Å². The molecule has 0 bridgehead atoms. The second-order valence-corrected chi connectivity index (χ2v) is 9.34. The summed E-state index contributed by atoms with van der Waals surface area (Å²) in [6.45, 7) is 0.631. The van der Waals surface area contributed by atoms with Gasteiger partial charge in [0.25, 0.3) is 0 Å². The summed E-state index contributed by atoms with van der Waals surface area (Å²) in [7, 11) is -3.36. The largest absolute Gasteiger partial charge is 0.393 e. The molecule has 2 atom stereocenters. The fourth-order valence-corrected chi connectivity index (χ4v) is 4.40. The number of carbonyl (C=O) groups is 1. The Labute approximate surface area is 150 Å². The Balaban J connectivity index is 1.70. The smallest absolute Gasteiger partial charge is 0.204 e. The van der Waals surface area contributed by atoms with Gasteiger partial charge in [-0.25, -0.2) is 13.4 Å². The Bertz CT molecular complexity index is 876. The molecule has 2 aromatic rings. The number of sulfone groups is 1. The summed E-state index contributed by atoms with van der Waals surface area (Å²) >= 11 is 1.23. The van der Waals surface area contributed by atoms with E-state index in [4.69, 9.17) is 0 Å². The average Bonchev–Trinajstić information content (AvgIpc) is 3.20. The normalized spacial score (nSPS) is 20.6. The monoisotopic (exact) mass is 380 g/mol. The van der Waals surface area contributed by atoms with Gasteiger partial charge in [-0.15, -0.1) is 0 Å². The molecule has 0 saturated heterocycles. The van der Waals surface area contributed by atoms with Crippen LogP contribution in [0.1, 0.15) is 34.5 Å². The van der Waals surface area contributed by atoms with Gasteiger partial charge in [-0.1, -0.05) is 29.9 Å². The van der Waals surface area contributed by atoms with Crippen LogP contribution in [0.25, 0.3) is 0 Å². The number of ketones is 1. The first-order valence-corrected chi connectivity index (χ1v) is 10.8. The molecule has 1 heterocycles. The second-order valence-electron chi connectivity index (χ2n) is 6.30. The summed E-state index contributed by atoms with van der Waals surface area (Å²) in [5.74, 6) is -0.0357. The fourth-order valence-electron chi connectivity index (χ4n) is 2.94. The van der Waals surface area contributed by atoms with E-state index in [9.17, 15) is 18.3 Å². The molecule has 0 aliphatic heterocycles. The Morgan fingerprint density at radius 3 is 2.88 bits per heavy atom. The zero-order valence-electron chi connectivity index (χ0n) is 13.8. The SMILES string of the molecule is CS(=O)(=O)c1cccc(C(=O)c2cnc(NC[C@H]3CCC[C@@H]3O)s2)c1. The molecule has 2 N–H and O–H groups in total. The molecule has 1 saturated carbocycles. The molecule has 0 radical (unpaired) electrons. The van der Waals surface area contributed by atoms with Crippen LogP contribution in [0.5, 0.6) is 0 Å². The standard InChI is InChI=1S/C17H20N2O4S2/c1-25(22,23)13-6-2-4-11(8-13)16(21)15-10-19-17(24-15)18-9-12-5-3-7-14(12)20/h2,4,6,8,10,12,14,20H,3,5,7,9H2,1H3,(H,18,19)/t12-,14+/m1/s1. The maximum absolute atomic E-state index is 12.6. The molecule has 1 aromatic carbocycles. The van der Waals surface area contributed by atoms with E-state index in [-0.39, 0.29) is 22.7 Å².